The molecule has 3 aliphatic rings. The summed E-state index contributed by atoms with van der Waals surface area (Å²) >= 11 is 0. The van der Waals surface area contributed by atoms with E-state index in [4.69, 9.17) is 4.98 Å². The van der Waals surface area contributed by atoms with E-state index in [1.165, 1.54) is 44.5 Å². The Morgan fingerprint density at radius 2 is 1.75 bits per heavy atom. The average Bonchev–Trinajstić information content (AvgIpc) is 3.09. The summed E-state index contributed by atoms with van der Waals surface area (Å²) in [5.41, 5.74) is 5.36. The summed E-state index contributed by atoms with van der Waals surface area (Å²) in [6, 6.07) is 9.65. The monoisotopic (exact) mass is 377 g/mol. The lowest BCUT2D eigenvalue weighted by molar-refractivity contribution is 0.106. The molecule has 0 bridgehead atoms. The van der Waals surface area contributed by atoms with Crippen molar-refractivity contribution in [3.63, 3.8) is 0 Å². The van der Waals surface area contributed by atoms with Crippen molar-refractivity contribution in [2.45, 2.75) is 51.0 Å². The third kappa shape index (κ3) is 3.06. The molecule has 2 saturated heterocycles. The number of aryl methyl sites for hydroxylation is 2. The average molecular weight is 378 g/mol. The lowest BCUT2D eigenvalue weighted by atomic mass is 9.74. The lowest BCUT2D eigenvalue weighted by Gasteiger charge is -2.45. The second kappa shape index (κ2) is 7.03. The molecule has 148 valence electrons. The minimum atomic E-state index is 0.364. The van der Waals surface area contributed by atoms with Gasteiger partial charge >= 0.3 is 0 Å². The summed E-state index contributed by atoms with van der Waals surface area (Å²) in [5, 5.41) is 3.65. The van der Waals surface area contributed by atoms with Gasteiger partial charge in [-0.05, 0) is 64.3 Å². The predicted octanol–water partition coefficient (Wildman–Crippen LogP) is 3.52. The molecule has 1 spiro atoms. The number of rotatable bonds is 2. The number of benzene rings is 1. The minimum absolute atomic E-state index is 0.364. The van der Waals surface area contributed by atoms with E-state index in [0.717, 1.165) is 42.9 Å². The van der Waals surface area contributed by atoms with Gasteiger partial charge in [0.1, 0.15) is 5.82 Å². The number of nitrogens with zero attached hydrogens (tertiary/aromatic N) is 4. The second-order valence-corrected chi connectivity index (χ2v) is 8.83. The molecule has 0 unspecified atom stereocenters. The van der Waals surface area contributed by atoms with E-state index in [0.29, 0.717) is 5.41 Å². The van der Waals surface area contributed by atoms with Crippen LogP contribution in [0.25, 0.3) is 0 Å². The number of nitrogens with one attached hydrogen (secondary N) is 1. The number of para-hydroxylation sites is 1. The fourth-order valence-electron chi connectivity index (χ4n) is 5.36. The number of piperidine rings is 2. The molecule has 5 nitrogen and oxygen atoms in total. The van der Waals surface area contributed by atoms with Gasteiger partial charge in [0.15, 0.2) is 0 Å². The predicted molar refractivity (Wildman–Crippen MR) is 114 cm³/mol. The molecule has 2 fully saturated rings. The molecule has 28 heavy (non-hydrogen) atoms. The first-order valence-corrected chi connectivity index (χ1v) is 10.8. The van der Waals surface area contributed by atoms with Crippen molar-refractivity contribution >= 4 is 11.5 Å². The third-order valence-electron chi connectivity index (χ3n) is 7.36. The first-order chi connectivity index (χ1) is 13.6. The summed E-state index contributed by atoms with van der Waals surface area (Å²) in [6.07, 6.45) is 6.96. The van der Waals surface area contributed by atoms with E-state index >= 15 is 0 Å². The van der Waals surface area contributed by atoms with Crippen LogP contribution >= 0.6 is 0 Å². The SMILES string of the molecule is Cc1ncc(N2CCC(N3CCC4(CC3)CNc3ccccc34)CC2)nc1C. The van der Waals surface area contributed by atoms with Gasteiger partial charge in [0.2, 0.25) is 0 Å². The van der Waals surface area contributed by atoms with E-state index in [-0.39, 0.29) is 0 Å². The number of anilines is 2. The zero-order chi connectivity index (χ0) is 19.1. The Kier molecular flexibility index (Phi) is 4.50. The van der Waals surface area contributed by atoms with Crippen LogP contribution in [0.1, 0.15) is 42.6 Å². The molecule has 2 aromatic rings. The highest BCUT2D eigenvalue weighted by atomic mass is 15.2. The largest absolute Gasteiger partial charge is 0.384 e. The lowest BCUT2D eigenvalue weighted by Crippen LogP contribution is -2.51. The maximum Gasteiger partial charge on any atom is 0.147 e. The van der Waals surface area contributed by atoms with Crippen molar-refractivity contribution < 1.29 is 0 Å². The van der Waals surface area contributed by atoms with E-state index in [1.54, 1.807) is 5.56 Å². The van der Waals surface area contributed by atoms with Gasteiger partial charge in [-0.15, -0.1) is 0 Å². The Hall–Kier alpha value is -2.14. The molecule has 5 heteroatoms. The Bertz CT molecular complexity index is 848. The van der Waals surface area contributed by atoms with Gasteiger partial charge in [-0.3, -0.25) is 4.98 Å². The molecule has 5 rings (SSSR count). The summed E-state index contributed by atoms with van der Waals surface area (Å²) < 4.78 is 0. The van der Waals surface area contributed by atoms with Crippen molar-refractivity contribution in [3.05, 3.63) is 47.4 Å². The molecule has 0 atom stereocenters. The quantitative estimate of drug-likeness (QED) is 0.867. The molecule has 0 saturated carbocycles. The van der Waals surface area contributed by atoms with Crippen LogP contribution in [-0.4, -0.2) is 53.6 Å². The van der Waals surface area contributed by atoms with Crippen molar-refractivity contribution in [1.82, 2.24) is 14.9 Å². The van der Waals surface area contributed by atoms with Gasteiger partial charge < -0.3 is 15.1 Å². The molecule has 0 amide bonds. The van der Waals surface area contributed by atoms with Crippen LogP contribution in [0.4, 0.5) is 11.5 Å². The van der Waals surface area contributed by atoms with Crippen LogP contribution in [0, 0.1) is 13.8 Å². The van der Waals surface area contributed by atoms with Crippen molar-refractivity contribution in [3.8, 4) is 0 Å². The van der Waals surface area contributed by atoms with Crippen molar-refractivity contribution in [2.24, 2.45) is 0 Å². The number of likely N-dealkylation sites (tertiary alicyclic amines) is 1. The summed E-state index contributed by atoms with van der Waals surface area (Å²) in [7, 11) is 0. The Balaban J connectivity index is 1.19. The Labute approximate surface area is 168 Å². The Morgan fingerprint density at radius 1 is 1.00 bits per heavy atom. The highest BCUT2D eigenvalue weighted by Gasteiger charge is 2.42. The van der Waals surface area contributed by atoms with E-state index in [2.05, 4.69) is 51.3 Å². The van der Waals surface area contributed by atoms with Gasteiger partial charge in [-0.25, -0.2) is 4.98 Å². The van der Waals surface area contributed by atoms with Crippen LogP contribution in [0.2, 0.25) is 0 Å². The van der Waals surface area contributed by atoms with E-state index < -0.39 is 0 Å². The highest BCUT2D eigenvalue weighted by Crippen LogP contribution is 2.44. The first-order valence-electron chi connectivity index (χ1n) is 10.8. The second-order valence-electron chi connectivity index (χ2n) is 8.83. The summed E-state index contributed by atoms with van der Waals surface area (Å²) in [5.74, 6) is 1.05. The van der Waals surface area contributed by atoms with Crippen LogP contribution in [0.15, 0.2) is 30.5 Å². The molecule has 4 heterocycles. The van der Waals surface area contributed by atoms with Gasteiger partial charge in [0, 0.05) is 36.8 Å². The molecule has 1 aromatic heterocycles. The number of aromatic nitrogens is 2. The molecular weight excluding hydrogens is 346 g/mol. The van der Waals surface area contributed by atoms with Crippen LogP contribution < -0.4 is 10.2 Å². The summed E-state index contributed by atoms with van der Waals surface area (Å²) in [6.45, 7) is 9.83. The van der Waals surface area contributed by atoms with Gasteiger partial charge in [-0.2, -0.15) is 0 Å². The van der Waals surface area contributed by atoms with Gasteiger partial charge in [0.25, 0.3) is 0 Å². The first kappa shape index (κ1) is 17.9. The molecule has 1 N–H and O–H groups in total. The molecular formula is C23H31N5. The summed E-state index contributed by atoms with van der Waals surface area (Å²) in [4.78, 5) is 14.4. The zero-order valence-electron chi connectivity index (χ0n) is 17.1. The maximum atomic E-state index is 4.75. The normalized spacial score (nSPS) is 22.3. The zero-order valence-corrected chi connectivity index (χ0v) is 17.1. The maximum absolute atomic E-state index is 4.75. The van der Waals surface area contributed by atoms with Gasteiger partial charge in [-0.1, -0.05) is 18.2 Å². The smallest absolute Gasteiger partial charge is 0.147 e. The standard InChI is InChI=1S/C23H31N5/c1-17-18(2)26-22(15-24-17)28-11-7-19(8-12-28)27-13-9-23(10-14-27)16-25-21-6-4-3-5-20(21)23/h3-6,15,19,25H,7-14,16H2,1-2H3. The van der Waals surface area contributed by atoms with Crippen molar-refractivity contribution in [2.75, 3.05) is 42.9 Å². The number of hydrogen-bond acceptors (Lipinski definition) is 5. The van der Waals surface area contributed by atoms with E-state index in [9.17, 15) is 0 Å². The minimum Gasteiger partial charge on any atom is -0.384 e. The number of hydrogen-bond donors (Lipinski definition) is 1. The van der Waals surface area contributed by atoms with Crippen molar-refractivity contribution in [1.29, 1.82) is 0 Å². The van der Waals surface area contributed by atoms with E-state index in [1.807, 2.05) is 13.1 Å². The molecule has 1 aromatic carbocycles. The van der Waals surface area contributed by atoms with Crippen LogP contribution in [0.3, 0.4) is 0 Å². The molecule has 0 aliphatic carbocycles. The third-order valence-corrected chi connectivity index (χ3v) is 7.36. The fourth-order valence-corrected chi connectivity index (χ4v) is 5.36. The Morgan fingerprint density at radius 3 is 2.50 bits per heavy atom. The van der Waals surface area contributed by atoms with Gasteiger partial charge in [0.05, 0.1) is 17.6 Å². The fraction of sp³-hybridized carbons (Fsp3) is 0.565. The highest BCUT2D eigenvalue weighted by molar-refractivity contribution is 5.60. The molecule has 0 radical (unpaired) electrons. The molecule has 3 aliphatic heterocycles. The number of fused-ring (bicyclic) bond motifs is 2. The van der Waals surface area contributed by atoms with Crippen LogP contribution in [0.5, 0.6) is 0 Å². The van der Waals surface area contributed by atoms with Crippen LogP contribution in [-0.2, 0) is 5.41 Å². The topological polar surface area (TPSA) is 44.3 Å².